The van der Waals surface area contributed by atoms with Gasteiger partial charge in [-0.3, -0.25) is 0 Å². The van der Waals surface area contributed by atoms with Crippen LogP contribution in [0.3, 0.4) is 0 Å². The molecule has 0 spiro atoms. The van der Waals surface area contributed by atoms with Crippen LogP contribution in [0, 0.1) is 5.92 Å². The third-order valence-corrected chi connectivity index (χ3v) is 2.30. The Morgan fingerprint density at radius 1 is 1.53 bits per heavy atom. The van der Waals surface area contributed by atoms with Gasteiger partial charge in [0.05, 0.1) is 6.26 Å². The van der Waals surface area contributed by atoms with E-state index in [0.29, 0.717) is 0 Å². The molecule has 1 aliphatic heterocycles. The summed E-state index contributed by atoms with van der Waals surface area (Å²) in [4.78, 5) is 10.8. The Balaban J connectivity index is 1.95. The number of esters is 1. The molecule has 0 saturated heterocycles. The van der Waals surface area contributed by atoms with Crippen LogP contribution in [-0.2, 0) is 9.53 Å². The average molecular weight is 204 g/mol. The predicted molar refractivity (Wildman–Crippen MR) is 55.9 cm³/mol. The van der Waals surface area contributed by atoms with Crippen LogP contribution in [0.2, 0.25) is 0 Å². The van der Waals surface area contributed by atoms with Crippen molar-refractivity contribution in [1.29, 1.82) is 0 Å². The molecule has 2 rings (SSSR count). The topological polar surface area (TPSA) is 39.4 Å². The molecule has 78 valence electrons. The molecule has 0 radical (unpaired) electrons. The smallest absolute Gasteiger partial charge is 0.331 e. The lowest BCUT2D eigenvalue weighted by molar-refractivity contribution is -0.139. The first-order valence-corrected chi connectivity index (χ1v) is 4.86. The van der Waals surface area contributed by atoms with E-state index < -0.39 is 0 Å². The number of ether oxygens (including phenoxy) is 1. The zero-order valence-electron chi connectivity index (χ0n) is 8.42. The zero-order valence-corrected chi connectivity index (χ0v) is 8.42. The van der Waals surface area contributed by atoms with Crippen LogP contribution in [0.25, 0.3) is 6.08 Å². The lowest BCUT2D eigenvalue weighted by Gasteiger charge is -2.12. The van der Waals surface area contributed by atoms with Crippen molar-refractivity contribution >= 4 is 12.0 Å². The van der Waals surface area contributed by atoms with Crippen molar-refractivity contribution < 1.29 is 13.9 Å². The molecule has 1 aliphatic rings. The van der Waals surface area contributed by atoms with Gasteiger partial charge in [0.15, 0.2) is 0 Å². The quantitative estimate of drug-likeness (QED) is 0.710. The summed E-state index contributed by atoms with van der Waals surface area (Å²) in [7, 11) is 0. The molecule has 3 nitrogen and oxygen atoms in total. The fraction of sp³-hybridized carbons (Fsp3) is 0.250. The molecule has 0 aliphatic carbocycles. The minimum Gasteiger partial charge on any atom is -0.465 e. The van der Waals surface area contributed by atoms with Crippen LogP contribution in [0.5, 0.6) is 0 Å². The number of hydrogen-bond donors (Lipinski definition) is 0. The van der Waals surface area contributed by atoms with Gasteiger partial charge in [0.1, 0.15) is 11.9 Å². The van der Waals surface area contributed by atoms with Gasteiger partial charge in [-0.2, -0.15) is 0 Å². The molecule has 0 aromatic carbocycles. The highest BCUT2D eigenvalue weighted by atomic mass is 16.5. The molecular weight excluding hydrogens is 192 g/mol. The van der Waals surface area contributed by atoms with Gasteiger partial charge < -0.3 is 9.15 Å². The fourth-order valence-electron chi connectivity index (χ4n) is 1.41. The Morgan fingerprint density at radius 3 is 3.00 bits per heavy atom. The monoisotopic (exact) mass is 204 g/mol. The lowest BCUT2D eigenvalue weighted by Crippen LogP contribution is -2.15. The van der Waals surface area contributed by atoms with Crippen molar-refractivity contribution in [3.05, 3.63) is 42.4 Å². The molecule has 0 bridgehead atoms. The molecule has 0 amide bonds. The average Bonchev–Trinajstić information content (AvgIpc) is 2.84. The second kappa shape index (κ2) is 4.17. The van der Waals surface area contributed by atoms with E-state index >= 15 is 0 Å². The largest absolute Gasteiger partial charge is 0.465 e. The Morgan fingerprint density at radius 2 is 2.40 bits per heavy atom. The van der Waals surface area contributed by atoms with Gasteiger partial charge in [-0.25, -0.2) is 4.79 Å². The molecule has 1 aromatic rings. The van der Waals surface area contributed by atoms with E-state index in [0.717, 1.165) is 5.76 Å². The highest BCUT2D eigenvalue weighted by Crippen LogP contribution is 2.17. The molecule has 3 heteroatoms. The Kier molecular flexibility index (Phi) is 2.72. The fourth-order valence-corrected chi connectivity index (χ4v) is 1.41. The van der Waals surface area contributed by atoms with E-state index in [-0.39, 0.29) is 18.0 Å². The van der Waals surface area contributed by atoms with E-state index in [1.54, 1.807) is 12.3 Å². The molecule has 2 heterocycles. The Hall–Kier alpha value is -1.77. The van der Waals surface area contributed by atoms with Gasteiger partial charge in [-0.15, -0.1) is 0 Å². The molecule has 0 fully saturated rings. The van der Waals surface area contributed by atoms with Crippen molar-refractivity contribution in [1.82, 2.24) is 0 Å². The maximum Gasteiger partial charge on any atom is 0.331 e. The van der Waals surface area contributed by atoms with Crippen molar-refractivity contribution in [2.24, 2.45) is 5.92 Å². The number of rotatable bonds is 3. The van der Waals surface area contributed by atoms with Crippen LogP contribution in [0.4, 0.5) is 0 Å². The maximum atomic E-state index is 10.8. The number of hydrogen-bond acceptors (Lipinski definition) is 3. The van der Waals surface area contributed by atoms with Gasteiger partial charge >= 0.3 is 5.97 Å². The van der Waals surface area contributed by atoms with Crippen LogP contribution < -0.4 is 0 Å². The van der Waals surface area contributed by atoms with E-state index in [1.807, 2.05) is 31.2 Å². The lowest BCUT2D eigenvalue weighted by atomic mass is 10.0. The molecule has 0 N–H and O–H groups in total. The standard InChI is InChI=1S/C12H12O3/c1-9(11-6-7-12(13)15-11)4-5-10-3-2-8-14-10/h2-9,11H,1H3/b5-4+. The van der Waals surface area contributed by atoms with E-state index in [4.69, 9.17) is 9.15 Å². The summed E-state index contributed by atoms with van der Waals surface area (Å²) < 4.78 is 10.2. The highest BCUT2D eigenvalue weighted by Gasteiger charge is 2.20. The molecule has 15 heavy (non-hydrogen) atoms. The third kappa shape index (κ3) is 2.37. The number of carbonyl (C=O) groups is 1. The predicted octanol–water partition coefficient (Wildman–Crippen LogP) is 2.41. The third-order valence-electron chi connectivity index (χ3n) is 2.30. The first kappa shape index (κ1) is 9.77. The van der Waals surface area contributed by atoms with Crippen molar-refractivity contribution in [2.45, 2.75) is 13.0 Å². The van der Waals surface area contributed by atoms with Crippen LogP contribution in [-0.4, -0.2) is 12.1 Å². The normalized spacial score (nSPS) is 22.2. The highest BCUT2D eigenvalue weighted by molar-refractivity contribution is 5.84. The molecule has 1 aromatic heterocycles. The van der Waals surface area contributed by atoms with Crippen LogP contribution in [0.15, 0.2) is 41.0 Å². The van der Waals surface area contributed by atoms with Crippen LogP contribution in [0.1, 0.15) is 12.7 Å². The first-order chi connectivity index (χ1) is 7.25. The van der Waals surface area contributed by atoms with Crippen molar-refractivity contribution in [3.63, 3.8) is 0 Å². The van der Waals surface area contributed by atoms with Crippen molar-refractivity contribution in [3.8, 4) is 0 Å². The summed E-state index contributed by atoms with van der Waals surface area (Å²) in [5.74, 6) is 0.686. The van der Waals surface area contributed by atoms with Gasteiger partial charge in [-0.1, -0.05) is 13.0 Å². The zero-order chi connectivity index (χ0) is 10.7. The van der Waals surface area contributed by atoms with E-state index in [9.17, 15) is 4.79 Å². The minimum atomic E-state index is -0.266. The van der Waals surface area contributed by atoms with Gasteiger partial charge in [-0.05, 0) is 24.3 Å². The summed E-state index contributed by atoms with van der Waals surface area (Å²) in [6.45, 7) is 1.99. The van der Waals surface area contributed by atoms with Crippen LogP contribution >= 0.6 is 0 Å². The van der Waals surface area contributed by atoms with Crippen molar-refractivity contribution in [2.75, 3.05) is 0 Å². The summed E-state index contributed by atoms with van der Waals surface area (Å²) in [6.07, 6.45) is 8.56. The summed E-state index contributed by atoms with van der Waals surface area (Å²) in [5.41, 5.74) is 0. The number of carbonyl (C=O) groups excluding carboxylic acids is 1. The summed E-state index contributed by atoms with van der Waals surface area (Å²) in [5, 5.41) is 0. The van der Waals surface area contributed by atoms with E-state index in [2.05, 4.69) is 0 Å². The first-order valence-electron chi connectivity index (χ1n) is 4.86. The number of cyclic esters (lactones) is 1. The summed E-state index contributed by atoms with van der Waals surface area (Å²) >= 11 is 0. The Labute approximate surface area is 88.0 Å². The SMILES string of the molecule is CC(/C=C/c1ccco1)C1C=CC(=O)O1. The molecule has 2 unspecified atom stereocenters. The van der Waals surface area contributed by atoms with Gasteiger partial charge in [0.2, 0.25) is 0 Å². The summed E-state index contributed by atoms with van der Waals surface area (Å²) in [6, 6.07) is 3.71. The number of furan rings is 1. The second-order valence-corrected chi connectivity index (χ2v) is 3.49. The minimum absolute atomic E-state index is 0.149. The molecule has 0 saturated carbocycles. The van der Waals surface area contributed by atoms with Gasteiger partial charge in [0, 0.05) is 12.0 Å². The van der Waals surface area contributed by atoms with Gasteiger partial charge in [0.25, 0.3) is 0 Å². The van der Waals surface area contributed by atoms with E-state index in [1.165, 1.54) is 6.08 Å². The molecular formula is C12H12O3. The molecule has 2 atom stereocenters. The Bertz CT molecular complexity index is 387. The second-order valence-electron chi connectivity index (χ2n) is 3.49. The maximum absolute atomic E-state index is 10.8.